The number of ether oxygens (including phenoxy) is 1. The number of hydrogen-bond acceptors (Lipinski definition) is 7. The SMILES string of the molecule is Cc1cc(-n2c(C)cc(C(=O)COC(=O)CCN3C(=O)[C@H]4CC=CC[C@H]4C3=O)c2C)no1. The highest BCUT2D eigenvalue weighted by Gasteiger charge is 2.46. The molecular formula is C23H25N3O6. The minimum atomic E-state index is -0.632. The van der Waals surface area contributed by atoms with Crippen LogP contribution in [-0.4, -0.2) is 51.3 Å². The van der Waals surface area contributed by atoms with Crippen molar-refractivity contribution in [1.29, 1.82) is 0 Å². The third-order valence-corrected chi connectivity index (χ3v) is 6.08. The van der Waals surface area contributed by atoms with Gasteiger partial charge in [0, 0.05) is 29.6 Å². The van der Waals surface area contributed by atoms with Gasteiger partial charge in [-0.1, -0.05) is 17.3 Å². The van der Waals surface area contributed by atoms with E-state index in [1.54, 1.807) is 30.5 Å². The van der Waals surface area contributed by atoms with Gasteiger partial charge in [-0.3, -0.25) is 28.6 Å². The second kappa shape index (κ2) is 8.57. The molecule has 1 aliphatic heterocycles. The van der Waals surface area contributed by atoms with Crippen molar-refractivity contribution < 1.29 is 28.4 Å². The first-order chi connectivity index (χ1) is 15.3. The van der Waals surface area contributed by atoms with E-state index in [0.29, 0.717) is 35.7 Å². The Morgan fingerprint density at radius 1 is 1.09 bits per heavy atom. The minimum Gasteiger partial charge on any atom is -0.457 e. The van der Waals surface area contributed by atoms with Crippen molar-refractivity contribution in [2.24, 2.45) is 11.8 Å². The largest absolute Gasteiger partial charge is 0.457 e. The molecule has 3 heterocycles. The van der Waals surface area contributed by atoms with Crippen LogP contribution in [0.15, 0.2) is 28.8 Å². The molecule has 1 saturated heterocycles. The van der Waals surface area contributed by atoms with Gasteiger partial charge in [0.1, 0.15) is 5.76 Å². The van der Waals surface area contributed by atoms with Crippen LogP contribution in [0.4, 0.5) is 0 Å². The maximum Gasteiger partial charge on any atom is 0.308 e. The first-order valence-electron chi connectivity index (χ1n) is 10.6. The molecule has 0 saturated carbocycles. The summed E-state index contributed by atoms with van der Waals surface area (Å²) in [5, 5.41) is 3.98. The number of hydrogen-bond donors (Lipinski definition) is 0. The number of fused-ring (bicyclic) bond motifs is 1. The molecule has 0 unspecified atom stereocenters. The minimum absolute atomic E-state index is 0.0300. The fourth-order valence-corrected chi connectivity index (χ4v) is 4.44. The summed E-state index contributed by atoms with van der Waals surface area (Å²) in [6.07, 6.45) is 4.79. The summed E-state index contributed by atoms with van der Waals surface area (Å²) in [7, 11) is 0. The Morgan fingerprint density at radius 3 is 2.34 bits per heavy atom. The van der Waals surface area contributed by atoms with Gasteiger partial charge >= 0.3 is 5.97 Å². The molecule has 0 radical (unpaired) electrons. The summed E-state index contributed by atoms with van der Waals surface area (Å²) < 4.78 is 12.0. The molecule has 9 heteroatoms. The van der Waals surface area contributed by atoms with Crippen molar-refractivity contribution in [2.45, 2.75) is 40.0 Å². The number of carbonyl (C=O) groups is 4. The van der Waals surface area contributed by atoms with Gasteiger partial charge in [0.25, 0.3) is 0 Å². The standard InChI is InChI=1S/C23H25N3O6/c1-13-10-18(15(3)26(13)20-11-14(2)32-24-20)19(27)12-31-21(28)8-9-25-22(29)16-6-4-5-7-17(16)23(25)30/h4-5,10-11,16-17H,6-9,12H2,1-3H3/t16-,17+. The number of nitrogens with zero attached hydrogens (tertiary/aromatic N) is 3. The predicted octanol–water partition coefficient (Wildman–Crippen LogP) is 2.46. The van der Waals surface area contributed by atoms with Crippen molar-refractivity contribution in [2.75, 3.05) is 13.2 Å². The predicted molar refractivity (Wildman–Crippen MR) is 112 cm³/mol. The first-order valence-corrected chi connectivity index (χ1v) is 10.6. The van der Waals surface area contributed by atoms with E-state index in [1.807, 2.05) is 19.1 Å². The number of imide groups is 1. The molecule has 2 aromatic heterocycles. The Labute approximate surface area is 185 Å². The van der Waals surface area contributed by atoms with Crippen LogP contribution in [0.3, 0.4) is 0 Å². The molecule has 168 valence electrons. The number of esters is 1. The Bertz CT molecular complexity index is 1100. The molecule has 9 nitrogen and oxygen atoms in total. The molecule has 0 spiro atoms. The highest BCUT2D eigenvalue weighted by atomic mass is 16.5. The highest BCUT2D eigenvalue weighted by molar-refractivity contribution is 6.05. The van der Waals surface area contributed by atoms with E-state index >= 15 is 0 Å². The zero-order valence-electron chi connectivity index (χ0n) is 18.3. The summed E-state index contributed by atoms with van der Waals surface area (Å²) in [5.41, 5.74) is 1.89. The van der Waals surface area contributed by atoms with Gasteiger partial charge in [-0.15, -0.1) is 0 Å². The second-order valence-corrected chi connectivity index (χ2v) is 8.23. The normalized spacial score (nSPS) is 20.0. The maximum atomic E-state index is 12.6. The summed E-state index contributed by atoms with van der Waals surface area (Å²) in [5.74, 6) is -0.865. The van der Waals surface area contributed by atoms with Crippen LogP contribution in [0, 0.1) is 32.6 Å². The smallest absolute Gasteiger partial charge is 0.308 e. The third-order valence-electron chi connectivity index (χ3n) is 6.08. The molecule has 2 aliphatic rings. The lowest BCUT2D eigenvalue weighted by Crippen LogP contribution is -2.33. The van der Waals surface area contributed by atoms with E-state index in [0.717, 1.165) is 10.6 Å². The van der Waals surface area contributed by atoms with Crippen molar-refractivity contribution in [1.82, 2.24) is 14.6 Å². The Balaban J connectivity index is 1.32. The number of aromatic nitrogens is 2. The molecule has 4 rings (SSSR count). The Morgan fingerprint density at radius 2 is 1.75 bits per heavy atom. The van der Waals surface area contributed by atoms with Crippen molar-refractivity contribution >= 4 is 23.6 Å². The lowest BCUT2D eigenvalue weighted by Gasteiger charge is -2.14. The van der Waals surface area contributed by atoms with Crippen LogP contribution in [-0.2, 0) is 19.1 Å². The quantitative estimate of drug-likeness (QED) is 0.282. The fourth-order valence-electron chi connectivity index (χ4n) is 4.44. The zero-order chi connectivity index (χ0) is 23.0. The second-order valence-electron chi connectivity index (χ2n) is 8.23. The lowest BCUT2D eigenvalue weighted by atomic mass is 9.85. The van der Waals surface area contributed by atoms with Crippen molar-refractivity contribution in [3.05, 3.63) is 47.0 Å². The molecular weight excluding hydrogens is 414 g/mol. The number of amides is 2. The average molecular weight is 439 g/mol. The van der Waals surface area contributed by atoms with Crippen molar-refractivity contribution in [3.63, 3.8) is 0 Å². The van der Waals surface area contributed by atoms with Gasteiger partial charge in [0.15, 0.2) is 12.4 Å². The summed E-state index contributed by atoms with van der Waals surface area (Å²) >= 11 is 0. The summed E-state index contributed by atoms with van der Waals surface area (Å²) in [6, 6.07) is 3.48. The van der Waals surface area contributed by atoms with Crippen LogP contribution in [0.2, 0.25) is 0 Å². The number of ketones is 1. The number of likely N-dealkylation sites (tertiary alicyclic amines) is 1. The number of Topliss-reactive ketones (excluding diaryl/α,β-unsaturated/α-hetero) is 1. The first kappa shape index (κ1) is 21.7. The third kappa shape index (κ3) is 3.90. The van der Waals surface area contributed by atoms with E-state index in [1.165, 1.54) is 0 Å². The molecule has 0 N–H and O–H groups in total. The van der Waals surface area contributed by atoms with E-state index in [-0.39, 0.29) is 42.4 Å². The summed E-state index contributed by atoms with van der Waals surface area (Å²) in [6.45, 7) is 4.96. The molecule has 0 aromatic carbocycles. The Kier molecular flexibility index (Phi) is 5.82. The lowest BCUT2D eigenvalue weighted by molar-refractivity contribution is -0.145. The van der Waals surface area contributed by atoms with Gasteiger partial charge in [0.2, 0.25) is 17.6 Å². The number of rotatable bonds is 7. The zero-order valence-corrected chi connectivity index (χ0v) is 18.3. The van der Waals surface area contributed by atoms with E-state index in [9.17, 15) is 19.2 Å². The molecule has 2 aromatic rings. The van der Waals surface area contributed by atoms with E-state index in [4.69, 9.17) is 9.26 Å². The van der Waals surface area contributed by atoms with Gasteiger partial charge in [-0.05, 0) is 39.7 Å². The van der Waals surface area contributed by atoms with Crippen LogP contribution in [0.5, 0.6) is 0 Å². The molecule has 0 bridgehead atoms. The van der Waals surface area contributed by atoms with Crippen LogP contribution < -0.4 is 0 Å². The molecule has 32 heavy (non-hydrogen) atoms. The number of allylic oxidation sites excluding steroid dienone is 2. The topological polar surface area (TPSA) is 112 Å². The van der Waals surface area contributed by atoms with E-state index < -0.39 is 12.6 Å². The molecule has 2 amide bonds. The van der Waals surface area contributed by atoms with Crippen LogP contribution >= 0.6 is 0 Å². The molecule has 1 fully saturated rings. The van der Waals surface area contributed by atoms with Crippen LogP contribution in [0.1, 0.15) is 46.8 Å². The van der Waals surface area contributed by atoms with Gasteiger partial charge in [0.05, 0.1) is 18.3 Å². The summed E-state index contributed by atoms with van der Waals surface area (Å²) in [4.78, 5) is 50.9. The molecule has 1 aliphatic carbocycles. The van der Waals surface area contributed by atoms with Gasteiger partial charge in [-0.2, -0.15) is 0 Å². The molecule has 2 atom stereocenters. The van der Waals surface area contributed by atoms with Gasteiger partial charge < -0.3 is 9.26 Å². The van der Waals surface area contributed by atoms with E-state index in [2.05, 4.69) is 5.16 Å². The fraction of sp³-hybridized carbons (Fsp3) is 0.435. The number of aryl methyl sites for hydroxylation is 2. The Hall–Kier alpha value is -3.49. The maximum absolute atomic E-state index is 12.6. The average Bonchev–Trinajstić information content (AvgIpc) is 3.40. The number of carbonyl (C=O) groups excluding carboxylic acids is 4. The van der Waals surface area contributed by atoms with Crippen LogP contribution in [0.25, 0.3) is 5.82 Å². The highest BCUT2D eigenvalue weighted by Crippen LogP contribution is 2.35. The monoisotopic (exact) mass is 439 g/mol. The van der Waals surface area contributed by atoms with Crippen molar-refractivity contribution in [3.8, 4) is 5.82 Å². The van der Waals surface area contributed by atoms with Gasteiger partial charge in [-0.25, -0.2) is 0 Å².